The molecule has 0 bridgehead atoms. The molecule has 0 spiro atoms. The van der Waals surface area contributed by atoms with Crippen LogP contribution in [0.25, 0.3) is 10.9 Å². The predicted molar refractivity (Wildman–Crippen MR) is 98.0 cm³/mol. The van der Waals surface area contributed by atoms with Gasteiger partial charge in [-0.1, -0.05) is 17.7 Å². The van der Waals surface area contributed by atoms with Crippen LogP contribution in [0.3, 0.4) is 0 Å². The zero-order valence-electron chi connectivity index (χ0n) is 14.3. The van der Waals surface area contributed by atoms with E-state index in [1.165, 1.54) is 31.5 Å². The highest BCUT2D eigenvalue weighted by atomic mass is 35.5. The molecule has 1 aliphatic rings. The molecular formula is C19H26ClN3. The lowest BCUT2D eigenvalue weighted by Crippen LogP contribution is -2.45. The number of halogens is 1. The van der Waals surface area contributed by atoms with Gasteiger partial charge in [-0.2, -0.15) is 0 Å². The van der Waals surface area contributed by atoms with E-state index in [1.54, 1.807) is 0 Å². The number of likely N-dealkylation sites (tertiary alicyclic amines) is 1. The fourth-order valence-corrected chi connectivity index (χ4v) is 3.78. The first kappa shape index (κ1) is 16.7. The summed E-state index contributed by atoms with van der Waals surface area (Å²) in [6.07, 6.45) is 4.34. The average Bonchev–Trinajstić information content (AvgIpc) is 2.57. The van der Waals surface area contributed by atoms with Crippen molar-refractivity contribution in [2.24, 2.45) is 0 Å². The summed E-state index contributed by atoms with van der Waals surface area (Å²) in [5.41, 5.74) is 2.30. The largest absolute Gasteiger partial charge is 0.301 e. The number of hydrogen-bond acceptors (Lipinski definition) is 3. The molecule has 2 aromatic rings. The Bertz CT molecular complexity index is 663. The second-order valence-corrected chi connectivity index (χ2v) is 7.29. The van der Waals surface area contributed by atoms with Crippen LogP contribution in [0.4, 0.5) is 0 Å². The maximum Gasteiger partial charge on any atom is 0.0761 e. The molecule has 2 heterocycles. The second-order valence-electron chi connectivity index (χ2n) is 6.88. The highest BCUT2D eigenvalue weighted by Crippen LogP contribution is 2.27. The van der Waals surface area contributed by atoms with Crippen molar-refractivity contribution in [3.8, 4) is 0 Å². The van der Waals surface area contributed by atoms with E-state index in [1.807, 2.05) is 18.3 Å². The molecule has 0 radical (unpaired) electrons. The van der Waals surface area contributed by atoms with Crippen molar-refractivity contribution in [2.45, 2.75) is 45.3 Å². The van der Waals surface area contributed by atoms with Crippen molar-refractivity contribution in [2.75, 3.05) is 20.1 Å². The Hall–Kier alpha value is -1.16. The zero-order chi connectivity index (χ0) is 16.4. The first-order valence-corrected chi connectivity index (χ1v) is 8.90. The van der Waals surface area contributed by atoms with E-state index in [-0.39, 0.29) is 0 Å². The van der Waals surface area contributed by atoms with Crippen molar-refractivity contribution in [3.63, 3.8) is 0 Å². The van der Waals surface area contributed by atoms with Gasteiger partial charge in [-0.3, -0.25) is 9.88 Å². The summed E-state index contributed by atoms with van der Waals surface area (Å²) in [5.74, 6) is 0. The lowest BCUT2D eigenvalue weighted by molar-refractivity contribution is 0.104. The SMILES string of the molecule is CC(C)N1CCC(N(C)Cc2ccc(Cl)c3cccnc23)CC1. The molecule has 1 aromatic carbocycles. The van der Waals surface area contributed by atoms with Gasteiger partial charge >= 0.3 is 0 Å². The van der Waals surface area contributed by atoms with E-state index in [0.29, 0.717) is 12.1 Å². The standard InChI is InChI=1S/C19H26ClN3/c1-14(2)23-11-8-16(9-12-23)22(3)13-15-6-7-18(20)17-5-4-10-21-19(15)17/h4-7,10,14,16H,8-9,11-13H2,1-3H3. The van der Waals surface area contributed by atoms with Crippen LogP contribution in [0.5, 0.6) is 0 Å². The fraction of sp³-hybridized carbons (Fsp3) is 0.526. The van der Waals surface area contributed by atoms with Crippen LogP contribution in [-0.4, -0.2) is 47.0 Å². The lowest BCUT2D eigenvalue weighted by atomic mass is 10.0. The van der Waals surface area contributed by atoms with E-state index in [2.05, 4.69) is 47.8 Å². The molecule has 1 saturated heterocycles. The molecule has 0 N–H and O–H groups in total. The number of piperidine rings is 1. The van der Waals surface area contributed by atoms with Gasteiger partial charge < -0.3 is 4.90 Å². The Morgan fingerprint density at radius 3 is 2.70 bits per heavy atom. The highest BCUT2D eigenvalue weighted by molar-refractivity contribution is 6.35. The Morgan fingerprint density at radius 1 is 1.26 bits per heavy atom. The first-order valence-electron chi connectivity index (χ1n) is 8.52. The highest BCUT2D eigenvalue weighted by Gasteiger charge is 2.24. The quantitative estimate of drug-likeness (QED) is 0.837. The molecule has 0 unspecified atom stereocenters. The average molecular weight is 332 g/mol. The second kappa shape index (κ2) is 7.16. The van der Waals surface area contributed by atoms with Gasteiger partial charge in [0.2, 0.25) is 0 Å². The van der Waals surface area contributed by atoms with Crippen LogP contribution >= 0.6 is 11.6 Å². The van der Waals surface area contributed by atoms with Gasteiger partial charge in [-0.25, -0.2) is 0 Å². The molecule has 3 nitrogen and oxygen atoms in total. The van der Waals surface area contributed by atoms with Crippen molar-refractivity contribution in [1.29, 1.82) is 0 Å². The Balaban J connectivity index is 1.72. The Kier molecular flexibility index (Phi) is 5.20. The van der Waals surface area contributed by atoms with E-state index >= 15 is 0 Å². The zero-order valence-corrected chi connectivity index (χ0v) is 15.1. The molecule has 0 aliphatic carbocycles. The van der Waals surface area contributed by atoms with Crippen molar-refractivity contribution < 1.29 is 0 Å². The smallest absolute Gasteiger partial charge is 0.0761 e. The molecule has 23 heavy (non-hydrogen) atoms. The summed E-state index contributed by atoms with van der Waals surface area (Å²) in [6, 6.07) is 9.43. The van der Waals surface area contributed by atoms with Crippen molar-refractivity contribution in [1.82, 2.24) is 14.8 Å². The molecule has 124 valence electrons. The van der Waals surface area contributed by atoms with Gasteiger partial charge in [0.15, 0.2) is 0 Å². The van der Waals surface area contributed by atoms with Gasteiger partial charge in [0.1, 0.15) is 0 Å². The Morgan fingerprint density at radius 2 is 2.00 bits per heavy atom. The van der Waals surface area contributed by atoms with Crippen LogP contribution in [0.15, 0.2) is 30.5 Å². The molecule has 0 amide bonds. The van der Waals surface area contributed by atoms with Crippen LogP contribution < -0.4 is 0 Å². The van der Waals surface area contributed by atoms with E-state index in [4.69, 9.17) is 11.6 Å². The topological polar surface area (TPSA) is 19.4 Å². The molecule has 4 heteroatoms. The minimum Gasteiger partial charge on any atom is -0.301 e. The van der Waals surface area contributed by atoms with Crippen LogP contribution in [-0.2, 0) is 6.54 Å². The summed E-state index contributed by atoms with van der Waals surface area (Å²) in [7, 11) is 2.24. The number of fused-ring (bicyclic) bond motifs is 1. The van der Waals surface area contributed by atoms with Crippen LogP contribution in [0.2, 0.25) is 5.02 Å². The van der Waals surface area contributed by atoms with Gasteiger partial charge in [0.05, 0.1) is 5.52 Å². The third-order valence-corrected chi connectivity index (χ3v) is 5.40. The molecule has 0 atom stereocenters. The monoisotopic (exact) mass is 331 g/mol. The summed E-state index contributed by atoms with van der Waals surface area (Å²) < 4.78 is 0. The minimum absolute atomic E-state index is 0.652. The molecular weight excluding hydrogens is 306 g/mol. The van der Waals surface area contributed by atoms with Crippen molar-refractivity contribution in [3.05, 3.63) is 41.0 Å². The predicted octanol–water partition coefficient (Wildman–Crippen LogP) is 4.19. The summed E-state index contributed by atoms with van der Waals surface area (Å²) in [5, 5.41) is 1.83. The van der Waals surface area contributed by atoms with Gasteiger partial charge in [0.25, 0.3) is 0 Å². The first-order chi connectivity index (χ1) is 11.1. The minimum atomic E-state index is 0.652. The van der Waals surface area contributed by atoms with Gasteiger partial charge in [-0.15, -0.1) is 0 Å². The maximum atomic E-state index is 6.30. The van der Waals surface area contributed by atoms with Crippen LogP contribution in [0, 0.1) is 0 Å². The fourth-order valence-electron chi connectivity index (χ4n) is 3.56. The lowest BCUT2D eigenvalue weighted by Gasteiger charge is -2.38. The summed E-state index contributed by atoms with van der Waals surface area (Å²) in [4.78, 5) is 9.61. The number of pyridine rings is 1. The maximum absolute atomic E-state index is 6.30. The summed E-state index contributed by atoms with van der Waals surface area (Å²) >= 11 is 6.30. The molecule has 1 fully saturated rings. The van der Waals surface area contributed by atoms with E-state index in [0.717, 1.165) is 22.5 Å². The number of rotatable bonds is 4. The third-order valence-electron chi connectivity index (χ3n) is 5.07. The van der Waals surface area contributed by atoms with Gasteiger partial charge in [-0.05, 0) is 70.6 Å². The Labute approximate surface area is 144 Å². The normalized spacial score (nSPS) is 17.5. The number of benzene rings is 1. The number of aromatic nitrogens is 1. The number of hydrogen-bond donors (Lipinski definition) is 0. The third kappa shape index (κ3) is 3.68. The molecule has 1 aliphatic heterocycles. The molecule has 0 saturated carbocycles. The summed E-state index contributed by atoms with van der Waals surface area (Å²) in [6.45, 7) is 7.90. The van der Waals surface area contributed by atoms with Gasteiger partial charge in [0, 0.05) is 35.2 Å². The van der Waals surface area contributed by atoms with Crippen LogP contribution in [0.1, 0.15) is 32.3 Å². The van der Waals surface area contributed by atoms with E-state index in [9.17, 15) is 0 Å². The molecule has 3 rings (SSSR count). The van der Waals surface area contributed by atoms with E-state index < -0.39 is 0 Å². The number of nitrogens with zero attached hydrogens (tertiary/aromatic N) is 3. The van der Waals surface area contributed by atoms with Crippen molar-refractivity contribution >= 4 is 22.5 Å². The molecule has 1 aromatic heterocycles.